The van der Waals surface area contributed by atoms with Crippen molar-refractivity contribution in [2.45, 2.75) is 19.6 Å². The lowest BCUT2D eigenvalue weighted by Gasteiger charge is -2.11. The predicted octanol–water partition coefficient (Wildman–Crippen LogP) is 2.66. The van der Waals surface area contributed by atoms with Gasteiger partial charge in [-0.05, 0) is 35.7 Å². The number of carboxylic acid groups (broad SMARTS) is 1. The summed E-state index contributed by atoms with van der Waals surface area (Å²) in [4.78, 5) is 10.9. The van der Waals surface area contributed by atoms with Crippen LogP contribution in [0.4, 0.5) is 0 Å². The second-order valence-electron chi connectivity index (χ2n) is 4.60. The molecule has 0 saturated heterocycles. The molecule has 0 aliphatic heterocycles. The topological polar surface area (TPSA) is 72.5 Å². The monoisotopic (exact) mass is 271 g/mol. The Kier molecular flexibility index (Phi) is 4.38. The Morgan fingerprint density at radius 3 is 2.70 bits per heavy atom. The van der Waals surface area contributed by atoms with E-state index in [-0.39, 0.29) is 0 Å². The predicted molar refractivity (Wildman–Crippen MR) is 76.5 cm³/mol. The number of ether oxygens (including phenoxy) is 1. The van der Waals surface area contributed by atoms with Crippen molar-refractivity contribution in [1.29, 1.82) is 0 Å². The van der Waals surface area contributed by atoms with Crippen LogP contribution in [-0.2, 0) is 11.4 Å². The first-order valence-electron chi connectivity index (χ1n) is 6.33. The average molecular weight is 271 g/mol. The molecule has 0 bridgehead atoms. The molecule has 2 aromatic carbocycles. The number of aliphatic carboxylic acids is 1. The van der Waals surface area contributed by atoms with E-state index in [0.29, 0.717) is 17.9 Å². The quantitative estimate of drug-likeness (QED) is 0.877. The molecule has 0 spiro atoms. The molecular formula is C16H17NO3. The normalized spacial score (nSPS) is 11.9. The van der Waals surface area contributed by atoms with E-state index in [1.807, 2.05) is 31.2 Å². The third-order valence-corrected chi connectivity index (χ3v) is 3.14. The number of hydrogen-bond donors (Lipinski definition) is 2. The number of benzene rings is 2. The Labute approximate surface area is 117 Å². The third kappa shape index (κ3) is 3.36. The highest BCUT2D eigenvalue weighted by atomic mass is 16.5. The lowest BCUT2D eigenvalue weighted by Crippen LogP contribution is -2.20. The molecule has 0 saturated carbocycles. The first-order valence-corrected chi connectivity index (χ1v) is 6.33. The van der Waals surface area contributed by atoms with Gasteiger partial charge in [0, 0.05) is 0 Å². The van der Waals surface area contributed by atoms with Crippen LogP contribution in [-0.4, -0.2) is 11.1 Å². The zero-order valence-corrected chi connectivity index (χ0v) is 11.2. The van der Waals surface area contributed by atoms with Gasteiger partial charge in [0.25, 0.3) is 0 Å². The van der Waals surface area contributed by atoms with Gasteiger partial charge in [-0.2, -0.15) is 0 Å². The molecule has 2 rings (SSSR count). The third-order valence-electron chi connectivity index (χ3n) is 3.14. The van der Waals surface area contributed by atoms with Gasteiger partial charge in [0.1, 0.15) is 18.4 Å². The standard InChI is InChI=1S/C16H17NO3/c1-11-5-2-3-6-13(11)10-20-14-8-4-7-12(9-14)15(17)16(18)19/h2-9,15H,10,17H2,1H3,(H,18,19)/t15-/m0/s1. The van der Waals surface area contributed by atoms with Gasteiger partial charge in [0.15, 0.2) is 0 Å². The molecule has 4 nitrogen and oxygen atoms in total. The van der Waals surface area contributed by atoms with E-state index < -0.39 is 12.0 Å². The molecule has 0 radical (unpaired) electrons. The summed E-state index contributed by atoms with van der Waals surface area (Å²) in [5.41, 5.74) is 8.37. The summed E-state index contributed by atoms with van der Waals surface area (Å²) in [5.74, 6) is -0.441. The lowest BCUT2D eigenvalue weighted by molar-refractivity contribution is -0.138. The van der Waals surface area contributed by atoms with Crippen molar-refractivity contribution in [1.82, 2.24) is 0 Å². The SMILES string of the molecule is Cc1ccccc1COc1cccc([C@H](N)C(=O)O)c1. The molecule has 0 unspecified atom stereocenters. The van der Waals surface area contributed by atoms with E-state index in [4.69, 9.17) is 15.6 Å². The maximum atomic E-state index is 10.9. The van der Waals surface area contributed by atoms with Gasteiger partial charge >= 0.3 is 5.97 Å². The Bertz CT molecular complexity index is 610. The number of carboxylic acids is 1. The summed E-state index contributed by atoms with van der Waals surface area (Å²) >= 11 is 0. The van der Waals surface area contributed by atoms with Crippen LogP contribution >= 0.6 is 0 Å². The van der Waals surface area contributed by atoms with Crippen LogP contribution in [0.5, 0.6) is 5.75 Å². The minimum absolute atomic E-state index is 0.443. The van der Waals surface area contributed by atoms with E-state index in [1.165, 1.54) is 0 Å². The highest BCUT2D eigenvalue weighted by Gasteiger charge is 2.14. The van der Waals surface area contributed by atoms with Gasteiger partial charge in [0.05, 0.1) is 0 Å². The van der Waals surface area contributed by atoms with Crippen LogP contribution in [0.3, 0.4) is 0 Å². The van der Waals surface area contributed by atoms with Gasteiger partial charge in [-0.3, -0.25) is 4.79 Å². The molecule has 3 N–H and O–H groups in total. The van der Waals surface area contributed by atoms with Gasteiger partial charge in [0.2, 0.25) is 0 Å². The molecular weight excluding hydrogens is 254 g/mol. The first kappa shape index (κ1) is 14.1. The largest absolute Gasteiger partial charge is 0.489 e. The van der Waals surface area contributed by atoms with Crippen molar-refractivity contribution in [3.05, 3.63) is 65.2 Å². The zero-order chi connectivity index (χ0) is 14.5. The highest BCUT2D eigenvalue weighted by molar-refractivity contribution is 5.75. The van der Waals surface area contributed by atoms with Crippen molar-refractivity contribution < 1.29 is 14.6 Å². The Balaban J connectivity index is 2.09. The summed E-state index contributed by atoms with van der Waals surface area (Å²) < 4.78 is 5.69. The summed E-state index contributed by atoms with van der Waals surface area (Å²) in [6.45, 7) is 2.47. The first-order chi connectivity index (χ1) is 9.58. The molecule has 0 aromatic heterocycles. The second kappa shape index (κ2) is 6.21. The maximum Gasteiger partial charge on any atom is 0.325 e. The Morgan fingerprint density at radius 2 is 2.00 bits per heavy atom. The number of hydrogen-bond acceptors (Lipinski definition) is 3. The van der Waals surface area contributed by atoms with Gasteiger partial charge in [-0.15, -0.1) is 0 Å². The molecule has 0 aliphatic carbocycles. The number of nitrogens with two attached hydrogens (primary N) is 1. The van der Waals surface area contributed by atoms with E-state index in [2.05, 4.69) is 0 Å². The van der Waals surface area contributed by atoms with Crippen LogP contribution in [0, 0.1) is 6.92 Å². The van der Waals surface area contributed by atoms with E-state index in [1.54, 1.807) is 24.3 Å². The van der Waals surface area contributed by atoms with Crippen molar-refractivity contribution in [2.75, 3.05) is 0 Å². The van der Waals surface area contributed by atoms with Crippen LogP contribution in [0.25, 0.3) is 0 Å². The molecule has 2 aromatic rings. The van der Waals surface area contributed by atoms with Crippen LogP contribution in [0.15, 0.2) is 48.5 Å². The number of aryl methyl sites for hydroxylation is 1. The number of carbonyl (C=O) groups is 1. The van der Waals surface area contributed by atoms with Crippen LogP contribution < -0.4 is 10.5 Å². The van der Waals surface area contributed by atoms with E-state index in [9.17, 15) is 4.79 Å². The van der Waals surface area contributed by atoms with Gasteiger partial charge in [-0.25, -0.2) is 0 Å². The molecule has 20 heavy (non-hydrogen) atoms. The fourth-order valence-electron chi connectivity index (χ4n) is 1.87. The van der Waals surface area contributed by atoms with Crippen molar-refractivity contribution in [3.8, 4) is 5.75 Å². The average Bonchev–Trinajstić information content (AvgIpc) is 2.46. The van der Waals surface area contributed by atoms with Crippen molar-refractivity contribution in [2.24, 2.45) is 5.73 Å². The summed E-state index contributed by atoms with van der Waals surface area (Å²) in [7, 11) is 0. The maximum absolute atomic E-state index is 10.9. The minimum atomic E-state index is -1.05. The van der Waals surface area contributed by atoms with Crippen molar-refractivity contribution in [3.63, 3.8) is 0 Å². The Hall–Kier alpha value is -2.33. The lowest BCUT2D eigenvalue weighted by atomic mass is 10.1. The zero-order valence-electron chi connectivity index (χ0n) is 11.2. The molecule has 0 fully saturated rings. The smallest absolute Gasteiger partial charge is 0.325 e. The van der Waals surface area contributed by atoms with Crippen LogP contribution in [0.2, 0.25) is 0 Å². The molecule has 0 heterocycles. The fourth-order valence-corrected chi connectivity index (χ4v) is 1.87. The van der Waals surface area contributed by atoms with Crippen LogP contribution in [0.1, 0.15) is 22.7 Å². The van der Waals surface area contributed by atoms with E-state index in [0.717, 1.165) is 11.1 Å². The summed E-state index contributed by atoms with van der Waals surface area (Å²) in [6, 6.07) is 13.8. The Morgan fingerprint density at radius 1 is 1.25 bits per heavy atom. The number of rotatable bonds is 5. The van der Waals surface area contributed by atoms with Gasteiger partial charge < -0.3 is 15.6 Å². The van der Waals surface area contributed by atoms with Crippen molar-refractivity contribution >= 4 is 5.97 Å². The van der Waals surface area contributed by atoms with Gasteiger partial charge in [-0.1, -0.05) is 36.4 Å². The molecule has 4 heteroatoms. The summed E-state index contributed by atoms with van der Waals surface area (Å²) in [6.07, 6.45) is 0. The minimum Gasteiger partial charge on any atom is -0.489 e. The second-order valence-corrected chi connectivity index (χ2v) is 4.60. The molecule has 1 atom stereocenters. The van der Waals surface area contributed by atoms with E-state index >= 15 is 0 Å². The highest BCUT2D eigenvalue weighted by Crippen LogP contribution is 2.20. The fraction of sp³-hybridized carbons (Fsp3) is 0.188. The molecule has 0 amide bonds. The summed E-state index contributed by atoms with van der Waals surface area (Å²) in [5, 5.41) is 8.90. The molecule has 104 valence electrons. The molecule has 0 aliphatic rings.